The molecule has 2 rings (SSSR count). The second kappa shape index (κ2) is 6.70. The number of hydrogen-bond acceptors (Lipinski definition) is 4. The van der Waals surface area contributed by atoms with Gasteiger partial charge in [0, 0.05) is 11.6 Å². The molecule has 1 N–H and O–H groups in total. The summed E-state index contributed by atoms with van der Waals surface area (Å²) in [6.07, 6.45) is 5.74. The van der Waals surface area contributed by atoms with Crippen molar-refractivity contribution >= 4 is 23.6 Å². The van der Waals surface area contributed by atoms with Crippen molar-refractivity contribution in [1.29, 1.82) is 0 Å². The molecule has 0 aliphatic rings. The van der Waals surface area contributed by atoms with Crippen LogP contribution in [0.15, 0.2) is 43.0 Å². The lowest BCUT2D eigenvalue weighted by Gasteiger charge is -2.01. The standard InChI is InChI=1S/C13H14ClN5/c1-2-10-19-13(16-17-18-19)15-9-3-4-11-5-7-12(14)8-6-11/h2-8H,1,9-10H2,(H,15,16,18). The first-order chi connectivity index (χ1) is 9.29. The Morgan fingerprint density at radius 3 is 2.84 bits per heavy atom. The zero-order valence-electron chi connectivity index (χ0n) is 10.3. The summed E-state index contributed by atoms with van der Waals surface area (Å²) in [6, 6.07) is 7.64. The van der Waals surface area contributed by atoms with Crippen molar-refractivity contribution in [3.05, 3.63) is 53.6 Å². The maximum absolute atomic E-state index is 5.82. The van der Waals surface area contributed by atoms with E-state index in [0.717, 1.165) is 10.6 Å². The average molecular weight is 276 g/mol. The Morgan fingerprint density at radius 2 is 2.11 bits per heavy atom. The van der Waals surface area contributed by atoms with Crippen LogP contribution in [0.2, 0.25) is 5.02 Å². The van der Waals surface area contributed by atoms with Gasteiger partial charge in [0.05, 0.1) is 6.54 Å². The van der Waals surface area contributed by atoms with E-state index in [1.165, 1.54) is 0 Å². The van der Waals surface area contributed by atoms with E-state index in [-0.39, 0.29) is 0 Å². The first kappa shape index (κ1) is 13.3. The molecule has 0 fully saturated rings. The Kier molecular flexibility index (Phi) is 4.69. The molecule has 0 spiro atoms. The van der Waals surface area contributed by atoms with Gasteiger partial charge < -0.3 is 5.32 Å². The normalized spacial score (nSPS) is 10.8. The fraction of sp³-hybridized carbons (Fsp3) is 0.154. The first-order valence-corrected chi connectivity index (χ1v) is 6.20. The molecule has 0 saturated heterocycles. The van der Waals surface area contributed by atoms with Gasteiger partial charge in [0.2, 0.25) is 5.95 Å². The molecule has 2 aromatic rings. The second-order valence-electron chi connectivity index (χ2n) is 3.81. The highest BCUT2D eigenvalue weighted by molar-refractivity contribution is 6.30. The monoisotopic (exact) mass is 275 g/mol. The number of halogens is 1. The Balaban J connectivity index is 1.87. The average Bonchev–Trinajstić information content (AvgIpc) is 2.85. The Bertz CT molecular complexity index is 559. The van der Waals surface area contributed by atoms with E-state index in [2.05, 4.69) is 27.4 Å². The predicted molar refractivity (Wildman–Crippen MR) is 77.0 cm³/mol. The summed E-state index contributed by atoms with van der Waals surface area (Å²) in [4.78, 5) is 0. The molecule has 0 aliphatic carbocycles. The van der Waals surface area contributed by atoms with Crippen LogP contribution in [0, 0.1) is 0 Å². The highest BCUT2D eigenvalue weighted by Gasteiger charge is 2.01. The van der Waals surface area contributed by atoms with Crippen LogP contribution in [0.25, 0.3) is 6.08 Å². The van der Waals surface area contributed by atoms with Gasteiger partial charge in [0.15, 0.2) is 0 Å². The van der Waals surface area contributed by atoms with E-state index in [1.54, 1.807) is 10.8 Å². The Labute approximate surface area is 116 Å². The molecule has 0 atom stereocenters. The number of anilines is 1. The Hall–Kier alpha value is -2.14. The number of nitrogens with zero attached hydrogens (tertiary/aromatic N) is 4. The van der Waals surface area contributed by atoms with Gasteiger partial charge in [-0.2, -0.15) is 0 Å². The molecular weight excluding hydrogens is 262 g/mol. The third-order valence-corrected chi connectivity index (χ3v) is 2.64. The quantitative estimate of drug-likeness (QED) is 0.824. The number of allylic oxidation sites excluding steroid dienone is 1. The fourth-order valence-electron chi connectivity index (χ4n) is 1.50. The number of nitrogens with one attached hydrogen (secondary N) is 1. The SMILES string of the molecule is C=CCn1nnnc1NCC=Cc1ccc(Cl)cc1. The smallest absolute Gasteiger partial charge is 0.243 e. The summed E-state index contributed by atoms with van der Waals surface area (Å²) in [7, 11) is 0. The maximum atomic E-state index is 5.82. The lowest BCUT2D eigenvalue weighted by Crippen LogP contribution is -2.07. The van der Waals surface area contributed by atoms with Gasteiger partial charge in [-0.1, -0.05) is 47.1 Å². The molecule has 1 aromatic heterocycles. The summed E-state index contributed by atoms with van der Waals surface area (Å²) in [5.74, 6) is 0.626. The van der Waals surface area contributed by atoms with Crippen molar-refractivity contribution < 1.29 is 0 Å². The van der Waals surface area contributed by atoms with E-state index < -0.39 is 0 Å². The molecule has 0 saturated carbocycles. The summed E-state index contributed by atoms with van der Waals surface area (Å²) in [5.41, 5.74) is 1.09. The minimum Gasteiger partial charge on any atom is -0.350 e. The molecule has 0 bridgehead atoms. The number of rotatable bonds is 6. The van der Waals surface area contributed by atoms with Crippen LogP contribution in [0.1, 0.15) is 5.56 Å². The summed E-state index contributed by atoms with van der Waals surface area (Å²) >= 11 is 5.82. The van der Waals surface area contributed by atoms with Gasteiger partial charge in [-0.15, -0.1) is 6.58 Å². The summed E-state index contributed by atoms with van der Waals surface area (Å²) in [5, 5.41) is 15.2. The molecule has 0 unspecified atom stereocenters. The summed E-state index contributed by atoms with van der Waals surface area (Å²) < 4.78 is 1.64. The Morgan fingerprint density at radius 1 is 1.32 bits per heavy atom. The third kappa shape index (κ3) is 3.93. The molecule has 1 aromatic carbocycles. The van der Waals surface area contributed by atoms with Crippen molar-refractivity contribution in [1.82, 2.24) is 20.2 Å². The molecule has 1 heterocycles. The highest BCUT2D eigenvalue weighted by Crippen LogP contribution is 2.10. The lowest BCUT2D eigenvalue weighted by molar-refractivity contribution is 0.665. The maximum Gasteiger partial charge on any atom is 0.243 e. The van der Waals surface area contributed by atoms with Crippen molar-refractivity contribution in [2.75, 3.05) is 11.9 Å². The minimum absolute atomic E-state index is 0.580. The zero-order chi connectivity index (χ0) is 13.5. The second-order valence-corrected chi connectivity index (χ2v) is 4.24. The van der Waals surface area contributed by atoms with Crippen molar-refractivity contribution in [3.8, 4) is 0 Å². The lowest BCUT2D eigenvalue weighted by atomic mass is 10.2. The topological polar surface area (TPSA) is 55.6 Å². The van der Waals surface area contributed by atoms with Crippen LogP contribution in [-0.2, 0) is 6.54 Å². The molecule has 0 amide bonds. The van der Waals surface area contributed by atoms with Crippen LogP contribution in [0.5, 0.6) is 0 Å². The van der Waals surface area contributed by atoms with Crippen molar-refractivity contribution in [3.63, 3.8) is 0 Å². The molecule has 0 aliphatic heterocycles. The fourth-order valence-corrected chi connectivity index (χ4v) is 1.62. The van der Waals surface area contributed by atoms with Gasteiger partial charge >= 0.3 is 0 Å². The van der Waals surface area contributed by atoms with E-state index in [1.807, 2.05) is 36.4 Å². The number of aromatic nitrogens is 4. The van der Waals surface area contributed by atoms with Crippen molar-refractivity contribution in [2.24, 2.45) is 0 Å². The van der Waals surface area contributed by atoms with Crippen LogP contribution >= 0.6 is 11.6 Å². The highest BCUT2D eigenvalue weighted by atomic mass is 35.5. The molecular formula is C13H14ClN5. The zero-order valence-corrected chi connectivity index (χ0v) is 11.1. The van der Waals surface area contributed by atoms with E-state index in [9.17, 15) is 0 Å². The molecule has 19 heavy (non-hydrogen) atoms. The van der Waals surface area contributed by atoms with Gasteiger partial charge in [-0.25, -0.2) is 4.68 Å². The van der Waals surface area contributed by atoms with Crippen LogP contribution < -0.4 is 5.32 Å². The van der Waals surface area contributed by atoms with Gasteiger partial charge in [-0.05, 0) is 28.1 Å². The van der Waals surface area contributed by atoms with E-state index in [4.69, 9.17) is 11.6 Å². The number of hydrogen-bond donors (Lipinski definition) is 1. The molecule has 98 valence electrons. The third-order valence-electron chi connectivity index (χ3n) is 2.39. The number of benzene rings is 1. The van der Waals surface area contributed by atoms with E-state index >= 15 is 0 Å². The van der Waals surface area contributed by atoms with Crippen LogP contribution in [0.4, 0.5) is 5.95 Å². The van der Waals surface area contributed by atoms with Gasteiger partial charge in [0.25, 0.3) is 0 Å². The minimum atomic E-state index is 0.580. The number of tetrazole rings is 1. The molecule has 0 radical (unpaired) electrons. The predicted octanol–water partition coefficient (Wildman–Crippen LogP) is 2.64. The molecule has 5 nitrogen and oxygen atoms in total. The largest absolute Gasteiger partial charge is 0.350 e. The van der Waals surface area contributed by atoms with Crippen molar-refractivity contribution in [2.45, 2.75) is 6.54 Å². The summed E-state index contributed by atoms with van der Waals surface area (Å²) in [6.45, 7) is 4.87. The molecule has 6 heteroatoms. The van der Waals surface area contributed by atoms with E-state index in [0.29, 0.717) is 19.0 Å². The van der Waals surface area contributed by atoms with Crippen LogP contribution in [0.3, 0.4) is 0 Å². The first-order valence-electron chi connectivity index (χ1n) is 5.82. The van der Waals surface area contributed by atoms with Crippen LogP contribution in [-0.4, -0.2) is 26.8 Å². The van der Waals surface area contributed by atoms with Gasteiger partial charge in [-0.3, -0.25) is 0 Å². The van der Waals surface area contributed by atoms with Gasteiger partial charge in [0.1, 0.15) is 0 Å².